The summed E-state index contributed by atoms with van der Waals surface area (Å²) in [6.07, 6.45) is 0. The summed E-state index contributed by atoms with van der Waals surface area (Å²) in [4.78, 5) is 12.6. The maximum absolute atomic E-state index is 6.49. The molecule has 4 aromatic carbocycles. The number of nitrogens with one attached hydrogen (secondary N) is 1. The van der Waals surface area contributed by atoms with E-state index in [4.69, 9.17) is 36.2 Å². The summed E-state index contributed by atoms with van der Waals surface area (Å²) in [5.74, 6) is 3.38. The number of aliphatic imine (C=N–C) groups is 2. The summed E-state index contributed by atoms with van der Waals surface area (Å²) in [7, 11) is 3.28. The van der Waals surface area contributed by atoms with E-state index in [1.807, 2.05) is 90.5 Å². The van der Waals surface area contributed by atoms with Gasteiger partial charge in [-0.15, -0.1) is 0 Å². The highest BCUT2D eigenvalue weighted by molar-refractivity contribution is 6.51. The Labute approximate surface area is 248 Å². The molecule has 0 bridgehead atoms. The Balaban J connectivity index is 1.48. The first-order chi connectivity index (χ1) is 20.6. The van der Waals surface area contributed by atoms with Gasteiger partial charge in [0.2, 0.25) is 0 Å². The van der Waals surface area contributed by atoms with Crippen LogP contribution in [0.4, 0.5) is 22.9 Å². The molecule has 0 amide bonds. The first-order valence-electron chi connectivity index (χ1n) is 13.5. The Morgan fingerprint density at radius 1 is 0.833 bits per heavy atom. The van der Waals surface area contributed by atoms with Gasteiger partial charge in [0.05, 0.1) is 48.0 Å². The normalized spacial score (nSPS) is 15.1. The fraction of sp³-hybridized carbons (Fsp3) is 0.121. The van der Waals surface area contributed by atoms with Crippen molar-refractivity contribution in [3.05, 3.63) is 119 Å². The van der Waals surface area contributed by atoms with Crippen LogP contribution in [0.5, 0.6) is 11.5 Å². The molecule has 0 saturated heterocycles. The number of hydrogen-bond acceptors (Lipinski definition) is 7. The third kappa shape index (κ3) is 4.28. The van der Waals surface area contributed by atoms with Gasteiger partial charge in [0.1, 0.15) is 11.5 Å². The van der Waals surface area contributed by atoms with E-state index < -0.39 is 0 Å². The molecule has 42 heavy (non-hydrogen) atoms. The molecular formula is C33H27ClN6O2. The lowest BCUT2D eigenvalue weighted by molar-refractivity contribution is 0.414. The van der Waals surface area contributed by atoms with E-state index in [0.29, 0.717) is 22.4 Å². The molecule has 1 N–H and O–H groups in total. The molecule has 2 aliphatic heterocycles. The Bertz CT molecular complexity index is 1880. The quantitative estimate of drug-likeness (QED) is 0.233. The molecule has 0 fully saturated rings. The molecule has 3 heterocycles. The second-order valence-electron chi connectivity index (χ2n) is 9.98. The Kier molecular flexibility index (Phi) is 6.40. The molecule has 0 saturated carbocycles. The van der Waals surface area contributed by atoms with E-state index in [1.54, 1.807) is 14.2 Å². The summed E-state index contributed by atoms with van der Waals surface area (Å²) < 4.78 is 12.9. The van der Waals surface area contributed by atoms with Crippen LogP contribution in [0, 0.1) is 6.92 Å². The second-order valence-corrected chi connectivity index (χ2v) is 10.4. The molecule has 0 radical (unpaired) electrons. The molecule has 9 heteroatoms. The van der Waals surface area contributed by atoms with Crippen LogP contribution in [-0.2, 0) is 0 Å². The predicted octanol–water partition coefficient (Wildman–Crippen LogP) is 7.65. The van der Waals surface area contributed by atoms with Gasteiger partial charge in [0.25, 0.3) is 0 Å². The number of halogens is 1. The number of ether oxygens (including phenoxy) is 2. The highest BCUT2D eigenvalue weighted by atomic mass is 35.5. The summed E-state index contributed by atoms with van der Waals surface area (Å²) in [5, 5.41) is 8.98. The zero-order valence-electron chi connectivity index (χ0n) is 23.2. The summed E-state index contributed by atoms with van der Waals surface area (Å²) in [6.45, 7) is 2.04. The van der Waals surface area contributed by atoms with E-state index in [-0.39, 0.29) is 6.04 Å². The number of benzene rings is 4. The highest BCUT2D eigenvalue weighted by Gasteiger charge is 2.41. The van der Waals surface area contributed by atoms with Crippen LogP contribution < -0.4 is 19.7 Å². The lowest BCUT2D eigenvalue weighted by atomic mass is 9.93. The first kappa shape index (κ1) is 25.9. The molecule has 2 aliphatic rings. The van der Waals surface area contributed by atoms with E-state index in [9.17, 15) is 0 Å². The molecule has 1 aromatic heterocycles. The van der Waals surface area contributed by atoms with Crippen LogP contribution in [0.2, 0.25) is 5.02 Å². The van der Waals surface area contributed by atoms with Gasteiger partial charge in [0, 0.05) is 11.3 Å². The van der Waals surface area contributed by atoms with Gasteiger partial charge in [0.15, 0.2) is 17.5 Å². The van der Waals surface area contributed by atoms with Crippen molar-refractivity contribution < 1.29 is 9.47 Å². The predicted molar refractivity (Wildman–Crippen MR) is 168 cm³/mol. The SMILES string of the molecule is COc1cccc([C@H]2c3c(C)nn(-c4ccccc4)c3N=C3C(Nc4ccc(OC)c(Cl)c4)=Nc4ccccc4N32)c1. The molecule has 8 nitrogen and oxygen atoms in total. The smallest absolute Gasteiger partial charge is 0.179 e. The summed E-state index contributed by atoms with van der Waals surface area (Å²) >= 11 is 6.49. The number of fused-ring (bicyclic) bond motifs is 4. The molecule has 0 aliphatic carbocycles. The minimum Gasteiger partial charge on any atom is -0.497 e. The summed E-state index contributed by atoms with van der Waals surface area (Å²) in [6, 6.07) is 31.6. The zero-order valence-corrected chi connectivity index (χ0v) is 24.0. The fourth-order valence-corrected chi connectivity index (χ4v) is 5.81. The molecule has 7 rings (SSSR count). The minimum atomic E-state index is -0.257. The van der Waals surface area contributed by atoms with Gasteiger partial charge in [-0.25, -0.2) is 14.7 Å². The van der Waals surface area contributed by atoms with Gasteiger partial charge in [-0.05, 0) is 67.1 Å². The van der Waals surface area contributed by atoms with Crippen LogP contribution in [-0.4, -0.2) is 35.7 Å². The van der Waals surface area contributed by atoms with Gasteiger partial charge < -0.3 is 19.7 Å². The third-order valence-electron chi connectivity index (χ3n) is 7.46. The maximum Gasteiger partial charge on any atom is 0.179 e. The maximum atomic E-state index is 6.49. The van der Waals surface area contributed by atoms with E-state index in [1.165, 1.54) is 0 Å². The average Bonchev–Trinajstić information content (AvgIpc) is 3.36. The van der Waals surface area contributed by atoms with Gasteiger partial charge in [-0.1, -0.05) is 54.1 Å². The van der Waals surface area contributed by atoms with E-state index in [2.05, 4.69) is 28.4 Å². The zero-order chi connectivity index (χ0) is 28.8. The first-order valence-corrected chi connectivity index (χ1v) is 13.9. The van der Waals surface area contributed by atoms with Crippen LogP contribution in [0.25, 0.3) is 5.69 Å². The van der Waals surface area contributed by atoms with Crippen LogP contribution >= 0.6 is 11.6 Å². The van der Waals surface area contributed by atoms with Crippen molar-refractivity contribution in [2.24, 2.45) is 9.98 Å². The van der Waals surface area contributed by atoms with E-state index in [0.717, 1.165) is 51.1 Å². The standard InChI is InChI=1S/C33H27ClN6O2/c1-20-29-30(21-10-9-13-24(18-21)41-2)39-27-15-8-7-14-26(27)36-31(35-22-16-17-28(42-3)25(34)19-22)33(39)37-32(29)40(38-20)23-11-5-4-6-12-23/h4-19,30H,1-3H3,(H,35,36)/t30-/m0/s1. The van der Waals surface area contributed by atoms with Crippen molar-refractivity contribution >= 4 is 46.2 Å². The number of methoxy groups -OCH3 is 2. The van der Waals surface area contributed by atoms with Gasteiger partial charge in [-0.2, -0.15) is 5.10 Å². The molecule has 1 atom stereocenters. The minimum absolute atomic E-state index is 0.257. The molecule has 0 unspecified atom stereocenters. The number of rotatable bonds is 5. The average molecular weight is 575 g/mol. The van der Waals surface area contributed by atoms with Gasteiger partial charge >= 0.3 is 0 Å². The molecule has 0 spiro atoms. The number of aromatic nitrogens is 2. The van der Waals surface area contributed by atoms with Crippen molar-refractivity contribution in [3.63, 3.8) is 0 Å². The van der Waals surface area contributed by atoms with Gasteiger partial charge in [-0.3, -0.25) is 0 Å². The Morgan fingerprint density at radius 2 is 1.64 bits per heavy atom. The van der Waals surface area contributed by atoms with Crippen LogP contribution in [0.3, 0.4) is 0 Å². The lowest BCUT2D eigenvalue weighted by Crippen LogP contribution is -2.46. The second kappa shape index (κ2) is 10.4. The number of amidine groups is 2. The van der Waals surface area contributed by atoms with Crippen molar-refractivity contribution in [2.75, 3.05) is 24.4 Å². The number of para-hydroxylation sites is 3. The van der Waals surface area contributed by atoms with Crippen molar-refractivity contribution in [1.82, 2.24) is 9.78 Å². The topological polar surface area (TPSA) is 76.3 Å². The molecule has 208 valence electrons. The Hall–Kier alpha value is -5.08. The van der Waals surface area contributed by atoms with Crippen LogP contribution in [0.1, 0.15) is 22.9 Å². The summed E-state index contributed by atoms with van der Waals surface area (Å²) in [5.41, 5.74) is 6.40. The van der Waals surface area contributed by atoms with Crippen LogP contribution in [0.15, 0.2) is 107 Å². The fourth-order valence-electron chi connectivity index (χ4n) is 5.55. The largest absolute Gasteiger partial charge is 0.497 e. The number of nitrogens with zero attached hydrogens (tertiary/aromatic N) is 5. The number of anilines is 2. The Morgan fingerprint density at radius 3 is 2.43 bits per heavy atom. The number of hydrogen-bond donors (Lipinski definition) is 1. The van der Waals surface area contributed by atoms with E-state index >= 15 is 0 Å². The van der Waals surface area contributed by atoms with Crippen molar-refractivity contribution in [1.29, 1.82) is 0 Å². The monoisotopic (exact) mass is 574 g/mol. The lowest BCUT2D eigenvalue weighted by Gasteiger charge is -2.40. The molecular weight excluding hydrogens is 548 g/mol. The number of aryl methyl sites for hydroxylation is 1. The highest BCUT2D eigenvalue weighted by Crippen LogP contribution is 2.48. The third-order valence-corrected chi connectivity index (χ3v) is 7.76. The van der Waals surface area contributed by atoms with Crippen molar-refractivity contribution in [3.8, 4) is 17.2 Å². The molecule has 5 aromatic rings. The van der Waals surface area contributed by atoms with Crippen molar-refractivity contribution in [2.45, 2.75) is 13.0 Å².